The molecule has 0 fully saturated rings. The van der Waals surface area contributed by atoms with Gasteiger partial charge < -0.3 is 37.9 Å². The molecule has 8 bridgehead atoms. The Hall–Kier alpha value is -4.68. The number of benzene rings is 4. The number of non-ortho nitro benzene ring substituents is 1. The summed E-state index contributed by atoms with van der Waals surface area (Å²) in [5.74, 6) is 2.85. The van der Waals surface area contributed by atoms with Crippen molar-refractivity contribution in [1.82, 2.24) is 0 Å². The van der Waals surface area contributed by atoms with Crippen LogP contribution in [-0.2, 0) is 60.9 Å². The van der Waals surface area contributed by atoms with Crippen molar-refractivity contribution in [3.63, 3.8) is 0 Å². The summed E-state index contributed by atoms with van der Waals surface area (Å²) < 4.78 is 50.6. The van der Waals surface area contributed by atoms with Crippen molar-refractivity contribution < 1.29 is 42.8 Å². The minimum Gasteiger partial charge on any atom is -0.491 e. The highest BCUT2D eigenvalue weighted by Crippen LogP contribution is 2.44. The summed E-state index contributed by atoms with van der Waals surface area (Å²) in [7, 11) is 0. The molecule has 0 saturated heterocycles. The van der Waals surface area contributed by atoms with Gasteiger partial charge in [0, 0.05) is 75.4 Å². The Morgan fingerprint density at radius 1 is 0.388 bits per heavy atom. The van der Waals surface area contributed by atoms with E-state index in [1.54, 1.807) is 12.1 Å². The minimum atomic E-state index is -0.311. The first-order chi connectivity index (χ1) is 31.8. The molecule has 0 heterocycles. The van der Waals surface area contributed by atoms with E-state index in [-0.39, 0.29) is 33.5 Å². The molecule has 67 heavy (non-hydrogen) atoms. The zero-order chi connectivity index (χ0) is 48.9. The van der Waals surface area contributed by atoms with Gasteiger partial charge in [-0.15, -0.1) is 0 Å². The molecule has 4 aromatic rings. The lowest BCUT2D eigenvalue weighted by atomic mass is 9.80. The van der Waals surface area contributed by atoms with Crippen LogP contribution in [0, 0.1) is 10.1 Å². The van der Waals surface area contributed by atoms with Crippen LogP contribution in [0.2, 0.25) is 0 Å². The Bertz CT molecular complexity index is 2130. The van der Waals surface area contributed by atoms with Gasteiger partial charge in [-0.05, 0) is 94.0 Å². The fourth-order valence-electron chi connectivity index (χ4n) is 8.40. The van der Waals surface area contributed by atoms with Crippen LogP contribution in [0.4, 0.5) is 5.69 Å². The number of nitrogens with zero attached hydrogens (tertiary/aromatic N) is 1. The normalized spacial score (nSPS) is 13.1. The van der Waals surface area contributed by atoms with E-state index < -0.39 is 0 Å². The SMILES string of the molecule is CCOCCOc1c2cc([N+](=O)[O-])cc1Cc1cc(C(C)(C)C)cc(c1OCCOCC)Cc1cc(C(C)(C)C)cc(c1OCCOCC)Cc1cc(C(C)(C)C)cc(c1OCCOCC)C2. The third-order valence-electron chi connectivity index (χ3n) is 12.0. The van der Waals surface area contributed by atoms with Gasteiger partial charge in [0.2, 0.25) is 0 Å². The number of nitro groups is 1. The van der Waals surface area contributed by atoms with Gasteiger partial charge in [-0.1, -0.05) is 98.7 Å². The number of hydrogen-bond donors (Lipinski definition) is 0. The number of rotatable bonds is 21. The van der Waals surface area contributed by atoms with E-state index >= 15 is 0 Å². The fraction of sp³-hybridized carbons (Fsp3) is 0.571. The lowest BCUT2D eigenvalue weighted by Gasteiger charge is -2.28. The lowest BCUT2D eigenvalue weighted by Crippen LogP contribution is -2.18. The van der Waals surface area contributed by atoms with Crippen molar-refractivity contribution >= 4 is 5.69 Å². The standard InChI is InChI=1S/C56H79NO10/c1-14-60-18-22-64-50-38-26-40-32-47(55(8,9)10)34-42(51(40)65-23-19-61-15-2)28-44-36-49(57(58)59)37-45(53(44)67-25-21-63-17-4)29-43-35-48(56(11,12)13)33-41(52(43)66-24-20-62-16-3)27-39(50)31-46(30-38)54(5,6)7/h30-37H,14-29H2,1-13H3. The van der Waals surface area contributed by atoms with Crippen LogP contribution in [0.3, 0.4) is 0 Å². The van der Waals surface area contributed by atoms with Crippen molar-refractivity contribution in [2.45, 2.75) is 132 Å². The first-order valence-corrected chi connectivity index (χ1v) is 24.4. The zero-order valence-electron chi connectivity index (χ0n) is 43.0. The summed E-state index contributed by atoms with van der Waals surface area (Å²) in [5.41, 5.74) is 9.89. The summed E-state index contributed by atoms with van der Waals surface area (Å²) in [6.07, 6.45) is 1.58. The van der Waals surface area contributed by atoms with Gasteiger partial charge in [-0.2, -0.15) is 0 Å². The van der Waals surface area contributed by atoms with E-state index in [0.717, 1.165) is 61.8 Å². The molecule has 4 aromatic carbocycles. The highest BCUT2D eigenvalue weighted by Gasteiger charge is 2.29. The predicted octanol–water partition coefficient (Wildman–Crippen LogP) is 11.8. The molecule has 0 unspecified atom stereocenters. The summed E-state index contributed by atoms with van der Waals surface area (Å²) in [6.45, 7) is 33.0. The summed E-state index contributed by atoms with van der Waals surface area (Å²) in [5, 5.41) is 13.0. The quantitative estimate of drug-likeness (QED) is 0.0400. The molecular weight excluding hydrogens is 847 g/mol. The Kier molecular flexibility index (Phi) is 19.1. The second kappa shape index (κ2) is 24.0. The minimum absolute atomic E-state index is 0.0150. The van der Waals surface area contributed by atoms with Crippen LogP contribution in [-0.4, -0.2) is 84.2 Å². The molecule has 11 heteroatoms. The maximum absolute atomic E-state index is 13.0. The first kappa shape index (κ1) is 53.3. The highest BCUT2D eigenvalue weighted by atomic mass is 16.6. The molecule has 0 saturated carbocycles. The van der Waals surface area contributed by atoms with Gasteiger partial charge in [-0.3, -0.25) is 10.1 Å². The number of hydrogen-bond acceptors (Lipinski definition) is 10. The summed E-state index contributed by atoms with van der Waals surface area (Å²) >= 11 is 0. The molecule has 0 radical (unpaired) electrons. The van der Waals surface area contributed by atoms with E-state index in [4.69, 9.17) is 37.9 Å². The smallest absolute Gasteiger partial charge is 0.270 e. The van der Waals surface area contributed by atoms with Crippen molar-refractivity contribution in [1.29, 1.82) is 0 Å². The number of ether oxygens (including phenoxy) is 8. The van der Waals surface area contributed by atoms with E-state index in [2.05, 4.69) is 98.7 Å². The van der Waals surface area contributed by atoms with Crippen LogP contribution in [0.25, 0.3) is 0 Å². The van der Waals surface area contributed by atoms with Crippen molar-refractivity contribution in [3.8, 4) is 23.0 Å². The average molecular weight is 926 g/mol. The van der Waals surface area contributed by atoms with Crippen molar-refractivity contribution in [2.75, 3.05) is 79.3 Å². The summed E-state index contributed by atoms with van der Waals surface area (Å²) in [6, 6.07) is 16.8. The van der Waals surface area contributed by atoms with Crippen LogP contribution < -0.4 is 18.9 Å². The molecule has 0 spiro atoms. The lowest BCUT2D eigenvalue weighted by molar-refractivity contribution is -0.385. The number of nitro benzene ring substituents is 1. The fourth-order valence-corrected chi connectivity index (χ4v) is 8.40. The second-order valence-electron chi connectivity index (χ2n) is 20.4. The molecule has 11 nitrogen and oxygen atoms in total. The van der Waals surface area contributed by atoms with E-state index in [9.17, 15) is 10.1 Å². The molecule has 5 rings (SSSR count). The van der Waals surface area contributed by atoms with E-state index in [0.29, 0.717) is 115 Å². The number of fused-ring (bicyclic) bond motifs is 8. The van der Waals surface area contributed by atoms with Crippen LogP contribution in [0.1, 0.15) is 151 Å². The third kappa shape index (κ3) is 14.7. The molecule has 1 aliphatic rings. The third-order valence-corrected chi connectivity index (χ3v) is 12.0. The average Bonchev–Trinajstić information content (AvgIpc) is 3.25. The zero-order valence-corrected chi connectivity index (χ0v) is 43.0. The Balaban J connectivity index is 1.97. The second-order valence-corrected chi connectivity index (χ2v) is 20.4. The highest BCUT2D eigenvalue weighted by molar-refractivity contribution is 5.60. The van der Waals surface area contributed by atoms with Gasteiger partial charge in [0.15, 0.2) is 0 Å². The molecular formula is C56H79NO10. The molecule has 368 valence electrons. The molecule has 1 aliphatic carbocycles. The van der Waals surface area contributed by atoms with Crippen LogP contribution >= 0.6 is 0 Å². The van der Waals surface area contributed by atoms with Gasteiger partial charge in [-0.25, -0.2) is 0 Å². The van der Waals surface area contributed by atoms with Crippen LogP contribution in [0.15, 0.2) is 48.5 Å². The molecule has 0 atom stereocenters. The van der Waals surface area contributed by atoms with Gasteiger partial charge in [0.25, 0.3) is 5.69 Å². The Morgan fingerprint density at radius 2 is 0.597 bits per heavy atom. The maximum atomic E-state index is 13.0. The first-order valence-electron chi connectivity index (χ1n) is 24.4. The molecule has 0 aliphatic heterocycles. The van der Waals surface area contributed by atoms with Gasteiger partial charge in [0.05, 0.1) is 31.4 Å². The van der Waals surface area contributed by atoms with Crippen molar-refractivity contribution in [2.24, 2.45) is 0 Å². The monoisotopic (exact) mass is 926 g/mol. The van der Waals surface area contributed by atoms with E-state index in [1.807, 2.05) is 27.7 Å². The predicted molar refractivity (Wildman–Crippen MR) is 268 cm³/mol. The maximum Gasteiger partial charge on any atom is 0.270 e. The van der Waals surface area contributed by atoms with E-state index in [1.165, 1.54) is 5.56 Å². The topological polar surface area (TPSA) is 117 Å². The van der Waals surface area contributed by atoms with Gasteiger partial charge >= 0.3 is 0 Å². The molecule has 0 aromatic heterocycles. The molecule has 0 N–H and O–H groups in total. The van der Waals surface area contributed by atoms with Crippen LogP contribution in [0.5, 0.6) is 23.0 Å². The summed E-state index contributed by atoms with van der Waals surface area (Å²) in [4.78, 5) is 12.7. The Morgan fingerprint density at radius 3 is 0.776 bits per heavy atom. The molecule has 0 amide bonds. The van der Waals surface area contributed by atoms with Gasteiger partial charge in [0.1, 0.15) is 49.4 Å². The Labute approximate surface area is 401 Å². The largest absolute Gasteiger partial charge is 0.491 e. The van der Waals surface area contributed by atoms with Crippen molar-refractivity contribution in [3.05, 3.63) is 120 Å².